The van der Waals surface area contributed by atoms with E-state index in [-0.39, 0.29) is 25.4 Å². The van der Waals surface area contributed by atoms with E-state index in [1.165, 1.54) is 23.5 Å². The van der Waals surface area contributed by atoms with Crippen molar-refractivity contribution in [1.82, 2.24) is 4.90 Å². The van der Waals surface area contributed by atoms with Gasteiger partial charge in [-0.3, -0.25) is 14.4 Å². The number of hydrogen-bond acceptors (Lipinski definition) is 4. The molecule has 1 aromatic rings. The molecule has 0 spiro atoms. The van der Waals surface area contributed by atoms with Crippen LogP contribution in [0, 0.1) is 12.2 Å². The lowest BCUT2D eigenvalue weighted by molar-refractivity contribution is -0.148. The maximum atomic E-state index is 12.9. The number of rotatable bonds is 4. The fourth-order valence-corrected chi connectivity index (χ4v) is 3.27. The quantitative estimate of drug-likeness (QED) is 0.791. The molecule has 6 nitrogen and oxygen atoms in total. The van der Waals surface area contributed by atoms with E-state index < -0.39 is 29.2 Å². The normalized spacial score (nSPS) is 26.4. The molecule has 7 heteroatoms. The SMILES string of the molecule is NC(=O)C12C(=O)COC1CCN2C(=O)[CH]Cc1ccc(F)cc1. The number of halogens is 1. The van der Waals surface area contributed by atoms with Crippen molar-refractivity contribution in [2.75, 3.05) is 13.2 Å². The molecule has 1 aromatic carbocycles. The van der Waals surface area contributed by atoms with Crippen LogP contribution in [0.2, 0.25) is 0 Å². The van der Waals surface area contributed by atoms with Crippen molar-refractivity contribution in [1.29, 1.82) is 0 Å². The highest BCUT2D eigenvalue weighted by Crippen LogP contribution is 2.37. The van der Waals surface area contributed by atoms with Crippen LogP contribution in [-0.4, -0.2) is 47.3 Å². The van der Waals surface area contributed by atoms with Gasteiger partial charge < -0.3 is 15.4 Å². The van der Waals surface area contributed by atoms with E-state index in [1.54, 1.807) is 12.1 Å². The first-order chi connectivity index (χ1) is 11.0. The number of nitrogens with two attached hydrogens (primary N) is 1. The minimum atomic E-state index is -1.68. The monoisotopic (exact) mass is 319 g/mol. The number of fused-ring (bicyclic) bond motifs is 1. The molecule has 1 radical (unpaired) electrons. The number of likely N-dealkylation sites (tertiary alicyclic amines) is 1. The average molecular weight is 319 g/mol. The summed E-state index contributed by atoms with van der Waals surface area (Å²) in [5.41, 5.74) is 4.49. The van der Waals surface area contributed by atoms with Crippen molar-refractivity contribution < 1.29 is 23.5 Å². The van der Waals surface area contributed by atoms with Gasteiger partial charge in [0.25, 0.3) is 5.91 Å². The summed E-state index contributed by atoms with van der Waals surface area (Å²) in [4.78, 5) is 37.8. The molecular weight excluding hydrogens is 303 g/mol. The molecule has 2 saturated heterocycles. The number of nitrogens with zero attached hydrogens (tertiary/aromatic N) is 1. The summed E-state index contributed by atoms with van der Waals surface area (Å²) >= 11 is 0. The lowest BCUT2D eigenvalue weighted by Gasteiger charge is -2.32. The number of ether oxygens (including phenoxy) is 1. The van der Waals surface area contributed by atoms with Gasteiger partial charge in [0.2, 0.25) is 11.4 Å². The van der Waals surface area contributed by atoms with Gasteiger partial charge in [-0.25, -0.2) is 4.39 Å². The number of primary amides is 1. The maximum Gasteiger partial charge on any atom is 0.254 e. The Morgan fingerprint density at radius 1 is 1.39 bits per heavy atom. The zero-order valence-electron chi connectivity index (χ0n) is 12.3. The van der Waals surface area contributed by atoms with Crippen molar-refractivity contribution in [3.8, 4) is 0 Å². The van der Waals surface area contributed by atoms with E-state index in [2.05, 4.69) is 0 Å². The fraction of sp³-hybridized carbons (Fsp3) is 0.375. The molecular formula is C16H16FN2O4. The second-order valence-electron chi connectivity index (χ2n) is 5.67. The van der Waals surface area contributed by atoms with E-state index in [0.29, 0.717) is 6.42 Å². The molecule has 2 aliphatic rings. The zero-order chi connectivity index (χ0) is 16.6. The minimum absolute atomic E-state index is 0.213. The molecule has 3 rings (SSSR count). The Kier molecular flexibility index (Phi) is 3.89. The van der Waals surface area contributed by atoms with Crippen molar-refractivity contribution in [3.63, 3.8) is 0 Å². The zero-order valence-corrected chi connectivity index (χ0v) is 12.3. The van der Waals surface area contributed by atoms with Crippen molar-refractivity contribution in [3.05, 3.63) is 42.1 Å². The molecule has 2 atom stereocenters. The van der Waals surface area contributed by atoms with E-state index in [4.69, 9.17) is 10.5 Å². The molecule has 0 bridgehead atoms. The van der Waals surface area contributed by atoms with Crippen LogP contribution in [0.5, 0.6) is 0 Å². The third kappa shape index (κ3) is 2.41. The first kappa shape index (κ1) is 15.6. The lowest BCUT2D eigenvalue weighted by Crippen LogP contribution is -2.63. The van der Waals surface area contributed by atoms with Crippen molar-refractivity contribution in [2.45, 2.75) is 24.5 Å². The Hall–Kier alpha value is -2.28. The van der Waals surface area contributed by atoms with Gasteiger partial charge in [-0.05, 0) is 30.5 Å². The van der Waals surface area contributed by atoms with Crippen LogP contribution in [-0.2, 0) is 25.5 Å². The number of amides is 2. The summed E-state index contributed by atoms with van der Waals surface area (Å²) in [7, 11) is 0. The second kappa shape index (κ2) is 5.73. The Morgan fingerprint density at radius 2 is 2.09 bits per heavy atom. The molecule has 2 unspecified atom stereocenters. The van der Waals surface area contributed by atoms with Gasteiger partial charge >= 0.3 is 0 Å². The smallest absolute Gasteiger partial charge is 0.254 e. The third-order valence-electron chi connectivity index (χ3n) is 4.41. The summed E-state index contributed by atoms with van der Waals surface area (Å²) in [6.45, 7) is 0.0213. The van der Waals surface area contributed by atoms with Crippen molar-refractivity contribution >= 4 is 17.6 Å². The average Bonchev–Trinajstić information content (AvgIpc) is 3.06. The summed E-state index contributed by atoms with van der Waals surface area (Å²) in [5, 5.41) is 0. The largest absolute Gasteiger partial charge is 0.367 e. The lowest BCUT2D eigenvalue weighted by atomic mass is 9.89. The molecule has 2 N–H and O–H groups in total. The topological polar surface area (TPSA) is 89.7 Å². The highest BCUT2D eigenvalue weighted by Gasteiger charge is 2.64. The van der Waals surface area contributed by atoms with Crippen LogP contribution in [0.3, 0.4) is 0 Å². The number of hydrogen-bond donors (Lipinski definition) is 1. The van der Waals surface area contributed by atoms with Gasteiger partial charge in [-0.15, -0.1) is 0 Å². The Bertz CT molecular complexity index is 661. The second-order valence-corrected chi connectivity index (χ2v) is 5.67. The van der Waals surface area contributed by atoms with Gasteiger partial charge in [-0.2, -0.15) is 0 Å². The third-order valence-corrected chi connectivity index (χ3v) is 4.41. The first-order valence-electron chi connectivity index (χ1n) is 7.30. The number of carbonyl (C=O) groups is 3. The molecule has 2 fully saturated rings. The van der Waals surface area contributed by atoms with Crippen LogP contribution in [0.1, 0.15) is 12.0 Å². The van der Waals surface area contributed by atoms with Crippen LogP contribution >= 0.6 is 0 Å². The van der Waals surface area contributed by atoms with Gasteiger partial charge in [0.15, 0.2) is 5.78 Å². The Balaban J connectivity index is 1.75. The predicted octanol–water partition coefficient (Wildman–Crippen LogP) is -0.00321. The van der Waals surface area contributed by atoms with Gasteiger partial charge in [0.1, 0.15) is 12.4 Å². The molecule has 23 heavy (non-hydrogen) atoms. The number of Topliss-reactive ketones (excluding diaryl/α,β-unsaturated/α-hetero) is 1. The number of ketones is 1. The van der Waals surface area contributed by atoms with Gasteiger partial charge in [0, 0.05) is 6.54 Å². The Labute approximate surface area is 132 Å². The molecule has 2 amide bonds. The first-order valence-corrected chi connectivity index (χ1v) is 7.30. The van der Waals surface area contributed by atoms with Crippen LogP contribution in [0.25, 0.3) is 0 Å². The molecule has 2 heterocycles. The maximum absolute atomic E-state index is 12.9. The summed E-state index contributed by atoms with van der Waals surface area (Å²) in [5.74, 6) is -2.14. The van der Waals surface area contributed by atoms with Crippen LogP contribution < -0.4 is 5.73 Å². The Morgan fingerprint density at radius 3 is 2.74 bits per heavy atom. The predicted molar refractivity (Wildman–Crippen MR) is 77.4 cm³/mol. The molecule has 121 valence electrons. The summed E-state index contributed by atoms with van der Waals surface area (Å²) in [6.07, 6.45) is 1.36. The van der Waals surface area contributed by atoms with E-state index >= 15 is 0 Å². The fourth-order valence-electron chi connectivity index (χ4n) is 3.27. The van der Waals surface area contributed by atoms with Gasteiger partial charge in [0.05, 0.1) is 12.5 Å². The summed E-state index contributed by atoms with van der Waals surface area (Å²) < 4.78 is 18.2. The number of carbonyl (C=O) groups excluding carboxylic acids is 3. The molecule has 0 saturated carbocycles. The van der Waals surface area contributed by atoms with Crippen molar-refractivity contribution in [2.24, 2.45) is 5.73 Å². The van der Waals surface area contributed by atoms with Crippen LogP contribution in [0.4, 0.5) is 4.39 Å². The molecule has 0 aliphatic carbocycles. The van der Waals surface area contributed by atoms with E-state index in [1.807, 2.05) is 0 Å². The number of benzene rings is 1. The van der Waals surface area contributed by atoms with E-state index in [9.17, 15) is 18.8 Å². The molecule has 2 aliphatic heterocycles. The molecule has 0 aromatic heterocycles. The van der Waals surface area contributed by atoms with Gasteiger partial charge in [-0.1, -0.05) is 12.1 Å². The summed E-state index contributed by atoms with van der Waals surface area (Å²) in [6, 6.07) is 5.75. The standard InChI is InChI=1S/C16H16FN2O4/c17-11-4-1-10(2-5-11)3-6-14(21)19-8-7-13-16(19,15(18)22)12(20)9-23-13/h1-2,4-6,13H,3,7-9H2,(H2,18,22). The highest BCUT2D eigenvalue weighted by atomic mass is 19.1. The highest BCUT2D eigenvalue weighted by molar-refractivity contribution is 6.15. The van der Waals surface area contributed by atoms with E-state index in [0.717, 1.165) is 5.56 Å². The minimum Gasteiger partial charge on any atom is -0.367 e. The van der Waals surface area contributed by atoms with Crippen LogP contribution in [0.15, 0.2) is 24.3 Å².